The van der Waals surface area contributed by atoms with Crippen molar-refractivity contribution in [2.75, 3.05) is 6.54 Å². The van der Waals surface area contributed by atoms with E-state index in [1.807, 2.05) is 0 Å². The summed E-state index contributed by atoms with van der Waals surface area (Å²) in [5, 5.41) is 31.1. The van der Waals surface area contributed by atoms with Gasteiger partial charge in [-0.3, -0.25) is 33.6 Å². The molecule has 0 saturated heterocycles. The summed E-state index contributed by atoms with van der Waals surface area (Å²) in [4.78, 5) is 107. The fourth-order valence-corrected chi connectivity index (χ4v) is 4.92. The second-order valence-corrected chi connectivity index (χ2v) is 13.1. The Morgan fingerprint density at radius 2 is 1.25 bits per heavy atom. The van der Waals surface area contributed by atoms with Crippen LogP contribution in [0, 0.1) is 11.8 Å². The number of amides is 6. The zero-order valence-electron chi connectivity index (χ0n) is 30.0. The van der Waals surface area contributed by atoms with Crippen LogP contribution < -0.4 is 43.8 Å². The Morgan fingerprint density at radius 1 is 0.712 bits per heavy atom. The summed E-state index contributed by atoms with van der Waals surface area (Å²) < 4.78 is 0. The average molecular weight is 739 g/mol. The van der Waals surface area contributed by atoms with Gasteiger partial charge >= 0.3 is 11.9 Å². The summed E-state index contributed by atoms with van der Waals surface area (Å²) in [6.07, 6.45) is 2.68. The highest BCUT2D eigenvalue weighted by atomic mass is 16.4. The van der Waals surface area contributed by atoms with E-state index in [4.69, 9.17) is 22.3 Å². The molecule has 0 bridgehead atoms. The minimum Gasteiger partial charge on any atom is -0.481 e. The van der Waals surface area contributed by atoms with E-state index in [-0.39, 0.29) is 38.5 Å². The quantitative estimate of drug-likeness (QED) is 0.0458. The molecule has 20 heteroatoms. The lowest BCUT2D eigenvalue weighted by Gasteiger charge is -2.29. The largest absolute Gasteiger partial charge is 0.481 e. The predicted molar refractivity (Wildman–Crippen MR) is 185 cm³/mol. The van der Waals surface area contributed by atoms with Crippen LogP contribution in [0.3, 0.4) is 0 Å². The first-order valence-corrected chi connectivity index (χ1v) is 17.0. The van der Waals surface area contributed by atoms with Gasteiger partial charge in [0, 0.05) is 31.2 Å². The van der Waals surface area contributed by atoms with Crippen molar-refractivity contribution in [2.24, 2.45) is 29.0 Å². The molecule has 1 heterocycles. The maximum absolute atomic E-state index is 13.7. The van der Waals surface area contributed by atoms with Crippen LogP contribution in [-0.2, 0) is 44.8 Å². The molecule has 0 aliphatic rings. The maximum atomic E-state index is 13.7. The second-order valence-electron chi connectivity index (χ2n) is 13.1. The summed E-state index contributed by atoms with van der Waals surface area (Å²) in [5.74, 6) is -8.27. The molecule has 6 amide bonds. The molecule has 0 aromatic carbocycles. The van der Waals surface area contributed by atoms with Crippen molar-refractivity contribution in [2.45, 2.75) is 115 Å². The van der Waals surface area contributed by atoms with Crippen LogP contribution in [-0.4, -0.2) is 110 Å². The van der Waals surface area contributed by atoms with E-state index in [0.717, 1.165) is 0 Å². The highest BCUT2D eigenvalue weighted by molar-refractivity contribution is 5.96. The molecule has 1 rings (SSSR count). The van der Waals surface area contributed by atoms with Crippen molar-refractivity contribution >= 4 is 47.4 Å². The number of aromatic nitrogens is 2. The molecule has 52 heavy (non-hydrogen) atoms. The number of carboxylic acid groups (broad SMARTS) is 2. The number of carbonyl (C=O) groups is 8. The Morgan fingerprint density at radius 3 is 1.71 bits per heavy atom. The van der Waals surface area contributed by atoms with Gasteiger partial charge in [-0.2, -0.15) is 0 Å². The fourth-order valence-electron chi connectivity index (χ4n) is 4.92. The van der Waals surface area contributed by atoms with Crippen molar-refractivity contribution in [1.82, 2.24) is 36.6 Å². The molecule has 292 valence electrons. The monoisotopic (exact) mass is 738 g/mol. The third-order valence-electron chi connectivity index (χ3n) is 7.99. The van der Waals surface area contributed by atoms with Gasteiger partial charge < -0.3 is 59.0 Å². The van der Waals surface area contributed by atoms with Gasteiger partial charge in [0.25, 0.3) is 0 Å². The molecule has 0 aliphatic heterocycles. The normalized spacial score (nSPS) is 14.6. The van der Waals surface area contributed by atoms with E-state index in [1.54, 1.807) is 27.7 Å². The van der Waals surface area contributed by atoms with Crippen molar-refractivity contribution in [1.29, 1.82) is 0 Å². The van der Waals surface area contributed by atoms with Gasteiger partial charge in [-0.1, -0.05) is 27.7 Å². The minimum atomic E-state index is -1.46. The van der Waals surface area contributed by atoms with Gasteiger partial charge in [-0.05, 0) is 50.5 Å². The number of carboxylic acids is 2. The molecular formula is C32H54N10O10. The first-order chi connectivity index (χ1) is 24.4. The Kier molecular flexibility index (Phi) is 19.6. The number of nitrogens with one attached hydrogen (secondary N) is 6. The van der Waals surface area contributed by atoms with Crippen molar-refractivity contribution in [3.63, 3.8) is 0 Å². The van der Waals surface area contributed by atoms with Crippen LogP contribution in [0.5, 0.6) is 0 Å². The second kappa shape index (κ2) is 22.7. The zero-order chi connectivity index (χ0) is 39.5. The summed E-state index contributed by atoms with van der Waals surface area (Å²) in [6, 6.07) is -7.60. The van der Waals surface area contributed by atoms with Gasteiger partial charge in [0.2, 0.25) is 35.4 Å². The van der Waals surface area contributed by atoms with Crippen LogP contribution >= 0.6 is 0 Å². The van der Waals surface area contributed by atoms with Crippen LogP contribution in [0.25, 0.3) is 0 Å². The number of rotatable bonds is 25. The van der Waals surface area contributed by atoms with Gasteiger partial charge in [0.1, 0.15) is 30.2 Å². The Hall–Kier alpha value is -5.11. The van der Waals surface area contributed by atoms with Crippen LogP contribution in [0.4, 0.5) is 0 Å². The number of nitrogens with zero attached hydrogens (tertiary/aromatic N) is 1. The molecule has 0 radical (unpaired) electrons. The van der Waals surface area contributed by atoms with Crippen LogP contribution in [0.1, 0.15) is 78.3 Å². The highest BCUT2D eigenvalue weighted by Gasteiger charge is 2.35. The Bertz CT molecular complexity index is 1370. The molecule has 1 aromatic rings. The third-order valence-corrected chi connectivity index (χ3v) is 7.99. The SMILES string of the molecule is CC(C)[C@H](NC(=O)[C@H](Cc1cnc[nH]1)NC(=O)[C@@H](NC(=O)[C@H](CCCCN)NC(=O)[C@@H](N)CCC(=O)O)C(C)C)C(=O)N[C@@H](CCC(N)=O)C(=O)O. The lowest BCUT2D eigenvalue weighted by atomic mass is 9.99. The van der Waals surface area contributed by atoms with E-state index < -0.39 is 95.5 Å². The number of aliphatic carboxylic acids is 2. The number of carbonyl (C=O) groups excluding carboxylic acids is 6. The molecule has 1 aromatic heterocycles. The predicted octanol–water partition coefficient (Wildman–Crippen LogP) is -2.64. The number of H-pyrrole nitrogens is 1. The standard InChI is InChI=1S/C32H54N10O10/c1-16(2)25(30(49)39-21(32(51)52)9-10-23(35)43)42-29(48)22(13-18-14-36-15-37-18)40-31(50)26(17(3)4)41-28(47)20(7-5-6-12-33)38-27(46)19(34)8-11-24(44)45/h14-17,19-22,25-26H,5-13,33-34H2,1-4H3,(H2,35,43)(H,36,37)(H,38,46)(H,39,49)(H,40,50)(H,41,47)(H,42,48)(H,44,45)(H,51,52)/t19-,20-,21-,22-,25-,26-/m0/s1. The summed E-state index contributed by atoms with van der Waals surface area (Å²) in [7, 11) is 0. The molecule has 20 nitrogen and oxygen atoms in total. The smallest absolute Gasteiger partial charge is 0.326 e. The highest BCUT2D eigenvalue weighted by Crippen LogP contribution is 2.10. The molecule has 0 unspecified atom stereocenters. The lowest BCUT2D eigenvalue weighted by molar-refractivity contribution is -0.143. The number of aromatic amines is 1. The van der Waals surface area contributed by atoms with Crippen LogP contribution in [0.2, 0.25) is 0 Å². The van der Waals surface area contributed by atoms with Gasteiger partial charge in [-0.15, -0.1) is 0 Å². The third kappa shape index (κ3) is 16.3. The Balaban J connectivity index is 3.24. The van der Waals surface area contributed by atoms with E-state index in [0.29, 0.717) is 25.1 Å². The number of nitrogens with two attached hydrogens (primary N) is 3. The number of hydrogen-bond acceptors (Lipinski definition) is 11. The van der Waals surface area contributed by atoms with E-state index in [1.165, 1.54) is 12.5 Å². The number of primary amides is 1. The van der Waals surface area contributed by atoms with E-state index in [2.05, 4.69) is 36.6 Å². The lowest BCUT2D eigenvalue weighted by Crippen LogP contribution is -2.61. The molecule has 0 aliphatic carbocycles. The van der Waals surface area contributed by atoms with E-state index in [9.17, 15) is 43.5 Å². The van der Waals surface area contributed by atoms with Crippen molar-refractivity contribution in [3.8, 4) is 0 Å². The molecule has 14 N–H and O–H groups in total. The van der Waals surface area contributed by atoms with Gasteiger partial charge in [-0.25, -0.2) is 9.78 Å². The molecular weight excluding hydrogens is 684 g/mol. The molecule has 0 spiro atoms. The number of unbranched alkanes of at least 4 members (excludes halogenated alkanes) is 1. The number of imidazole rings is 1. The average Bonchev–Trinajstić information content (AvgIpc) is 3.58. The van der Waals surface area contributed by atoms with Gasteiger partial charge in [0.15, 0.2) is 0 Å². The van der Waals surface area contributed by atoms with E-state index >= 15 is 0 Å². The summed E-state index contributed by atoms with van der Waals surface area (Å²) in [5.41, 5.74) is 17.0. The first-order valence-electron chi connectivity index (χ1n) is 17.0. The summed E-state index contributed by atoms with van der Waals surface area (Å²) in [6.45, 7) is 6.84. The summed E-state index contributed by atoms with van der Waals surface area (Å²) >= 11 is 0. The maximum Gasteiger partial charge on any atom is 0.326 e. The topological polar surface area (TPSA) is 344 Å². The minimum absolute atomic E-state index is 0.120. The zero-order valence-corrected chi connectivity index (χ0v) is 30.0. The molecule has 0 saturated carbocycles. The Labute approximate surface area is 301 Å². The molecule has 0 fully saturated rings. The van der Waals surface area contributed by atoms with Crippen LogP contribution in [0.15, 0.2) is 12.5 Å². The molecule has 6 atom stereocenters. The fraction of sp³-hybridized carbons (Fsp3) is 0.656. The van der Waals surface area contributed by atoms with Crippen molar-refractivity contribution in [3.05, 3.63) is 18.2 Å². The van der Waals surface area contributed by atoms with Crippen molar-refractivity contribution < 1.29 is 48.6 Å². The van der Waals surface area contributed by atoms with Gasteiger partial charge in [0.05, 0.1) is 12.4 Å². The first kappa shape index (κ1) is 44.9. The number of hydrogen-bond donors (Lipinski definition) is 11.